The van der Waals surface area contributed by atoms with E-state index in [1.54, 1.807) is 7.11 Å². The zero-order valence-electron chi connectivity index (χ0n) is 8.14. The van der Waals surface area contributed by atoms with Gasteiger partial charge in [-0.05, 0) is 31.9 Å². The van der Waals surface area contributed by atoms with Crippen molar-refractivity contribution in [3.05, 3.63) is 22.9 Å². The predicted molar refractivity (Wildman–Crippen MR) is 56.4 cm³/mol. The van der Waals surface area contributed by atoms with Crippen LogP contribution in [-0.2, 0) is 6.42 Å². The summed E-state index contributed by atoms with van der Waals surface area (Å²) in [5.74, 6) is 0.773. The molecule has 1 aromatic heterocycles. The van der Waals surface area contributed by atoms with Crippen molar-refractivity contribution < 1.29 is 4.74 Å². The number of ether oxygens (including phenoxy) is 1. The lowest BCUT2D eigenvalue weighted by Gasteiger charge is -2.09. The minimum atomic E-state index is 0. The summed E-state index contributed by atoms with van der Waals surface area (Å²) in [6.07, 6.45) is 0.974. The van der Waals surface area contributed by atoms with E-state index in [9.17, 15) is 0 Å². The van der Waals surface area contributed by atoms with Crippen LogP contribution in [0, 0.1) is 13.8 Å². The third kappa shape index (κ3) is 2.44. The van der Waals surface area contributed by atoms with Gasteiger partial charge in [0.2, 0.25) is 5.88 Å². The van der Waals surface area contributed by atoms with E-state index in [0.717, 1.165) is 18.0 Å². The Morgan fingerprint density at radius 3 is 2.46 bits per heavy atom. The molecule has 0 aliphatic heterocycles. The average molecular weight is 181 g/mol. The van der Waals surface area contributed by atoms with Gasteiger partial charge in [0.15, 0.2) is 0 Å². The zero-order valence-corrected chi connectivity index (χ0v) is 8.14. The van der Waals surface area contributed by atoms with Crippen LogP contribution in [0.4, 0.5) is 0 Å². The third-order valence-electron chi connectivity index (χ3n) is 1.98. The molecule has 2 nitrogen and oxygen atoms in total. The average Bonchev–Trinajstić information content (AvgIpc) is 2.03. The van der Waals surface area contributed by atoms with Crippen LogP contribution in [0.25, 0.3) is 0 Å². The third-order valence-corrected chi connectivity index (χ3v) is 1.98. The summed E-state index contributed by atoms with van der Waals surface area (Å²) in [4.78, 5) is 4.30. The number of nitrogens with zero attached hydrogens (tertiary/aromatic N) is 1. The number of pyridine rings is 1. The summed E-state index contributed by atoms with van der Waals surface area (Å²) >= 11 is 0. The lowest BCUT2D eigenvalue weighted by atomic mass is 10.1. The first-order chi connectivity index (χ1) is 5.69. The zero-order chi connectivity index (χ0) is 9.14. The van der Waals surface area contributed by atoms with E-state index in [1.165, 1.54) is 11.1 Å². The topological polar surface area (TPSA) is 22.1 Å². The van der Waals surface area contributed by atoms with Gasteiger partial charge in [0.25, 0.3) is 0 Å². The normalized spacial score (nSPS) is 9.23. The number of methoxy groups -OCH3 is 1. The van der Waals surface area contributed by atoms with Crippen molar-refractivity contribution in [3.63, 3.8) is 0 Å². The molecule has 0 saturated carbocycles. The van der Waals surface area contributed by atoms with Gasteiger partial charge in [-0.2, -0.15) is 0 Å². The Bertz CT molecular complexity index is 282. The van der Waals surface area contributed by atoms with E-state index < -0.39 is 0 Å². The van der Waals surface area contributed by atoms with E-state index in [4.69, 9.17) is 4.74 Å². The maximum absolute atomic E-state index is 5.19. The van der Waals surface area contributed by atoms with Crippen LogP contribution in [-0.4, -0.2) is 12.1 Å². The molecular weight excluding hydrogens is 162 g/mol. The molecule has 1 aromatic rings. The number of hydrogen-bond donors (Lipinski definition) is 0. The van der Waals surface area contributed by atoms with Gasteiger partial charge in [0.1, 0.15) is 0 Å². The second kappa shape index (κ2) is 4.85. The highest BCUT2D eigenvalue weighted by atomic mass is 16.5. The van der Waals surface area contributed by atoms with Crippen LogP contribution in [0.3, 0.4) is 0 Å². The molecule has 1 heterocycles. The van der Waals surface area contributed by atoms with Crippen LogP contribution in [0.5, 0.6) is 5.88 Å². The lowest BCUT2D eigenvalue weighted by molar-refractivity contribution is 0.391. The molecule has 0 unspecified atom stereocenters. The summed E-state index contributed by atoms with van der Waals surface area (Å²) in [7, 11) is 1.67. The smallest absolute Gasteiger partial charge is 0.216 e. The fourth-order valence-corrected chi connectivity index (χ4v) is 1.43. The molecule has 0 radical (unpaired) electrons. The first kappa shape index (κ1) is 11.9. The number of aromatic nitrogens is 1. The van der Waals surface area contributed by atoms with Crippen LogP contribution < -0.4 is 4.74 Å². The summed E-state index contributed by atoms with van der Waals surface area (Å²) in [6.45, 7) is 6.19. The van der Waals surface area contributed by atoms with Crippen molar-refractivity contribution in [1.82, 2.24) is 4.98 Å². The van der Waals surface area contributed by atoms with Crippen molar-refractivity contribution in [3.8, 4) is 5.88 Å². The van der Waals surface area contributed by atoms with Gasteiger partial charge in [0, 0.05) is 11.3 Å². The molecule has 0 spiro atoms. The molecule has 0 aliphatic rings. The largest absolute Gasteiger partial charge is 0.481 e. The summed E-state index contributed by atoms with van der Waals surface area (Å²) < 4.78 is 5.19. The Kier molecular flexibility index (Phi) is 4.46. The van der Waals surface area contributed by atoms with E-state index >= 15 is 0 Å². The van der Waals surface area contributed by atoms with Crippen molar-refractivity contribution in [2.75, 3.05) is 7.11 Å². The molecule has 0 N–H and O–H groups in total. The molecule has 0 amide bonds. The predicted octanol–water partition coefficient (Wildman–Crippen LogP) is 2.91. The minimum absolute atomic E-state index is 0. The highest BCUT2D eigenvalue weighted by Gasteiger charge is 2.06. The van der Waals surface area contributed by atoms with Crippen molar-refractivity contribution in [2.24, 2.45) is 0 Å². The molecule has 13 heavy (non-hydrogen) atoms. The molecule has 0 aliphatic carbocycles. The van der Waals surface area contributed by atoms with E-state index in [-0.39, 0.29) is 7.43 Å². The van der Waals surface area contributed by atoms with Crippen molar-refractivity contribution >= 4 is 0 Å². The Morgan fingerprint density at radius 2 is 2.00 bits per heavy atom. The van der Waals surface area contributed by atoms with Gasteiger partial charge >= 0.3 is 0 Å². The molecule has 0 fully saturated rings. The SMILES string of the molecule is C.CCc1c(C)cc(C)nc1OC. The van der Waals surface area contributed by atoms with E-state index in [2.05, 4.69) is 24.9 Å². The molecule has 0 aromatic carbocycles. The first-order valence-corrected chi connectivity index (χ1v) is 4.20. The van der Waals surface area contributed by atoms with Gasteiger partial charge in [0.05, 0.1) is 7.11 Å². The van der Waals surface area contributed by atoms with Gasteiger partial charge < -0.3 is 4.74 Å². The highest BCUT2D eigenvalue weighted by molar-refractivity contribution is 5.35. The van der Waals surface area contributed by atoms with Crippen molar-refractivity contribution in [2.45, 2.75) is 34.6 Å². The van der Waals surface area contributed by atoms with Crippen LogP contribution in [0.1, 0.15) is 31.2 Å². The Morgan fingerprint density at radius 1 is 1.38 bits per heavy atom. The molecular formula is C11H19NO. The Hall–Kier alpha value is -1.05. The number of aryl methyl sites for hydroxylation is 2. The monoisotopic (exact) mass is 181 g/mol. The van der Waals surface area contributed by atoms with E-state index in [1.807, 2.05) is 6.92 Å². The van der Waals surface area contributed by atoms with Gasteiger partial charge in [-0.3, -0.25) is 0 Å². The Balaban J connectivity index is 0.00000144. The van der Waals surface area contributed by atoms with Crippen LogP contribution in [0.15, 0.2) is 6.07 Å². The molecule has 2 heteroatoms. The van der Waals surface area contributed by atoms with Gasteiger partial charge in [-0.25, -0.2) is 4.98 Å². The van der Waals surface area contributed by atoms with E-state index in [0.29, 0.717) is 0 Å². The second-order valence-corrected chi connectivity index (χ2v) is 2.92. The standard InChI is InChI=1S/C10H15NO.CH4/c1-5-9-7(2)6-8(3)11-10(9)12-4;/h6H,5H2,1-4H3;1H4. The maximum Gasteiger partial charge on any atom is 0.216 e. The molecule has 0 atom stereocenters. The summed E-state index contributed by atoms with van der Waals surface area (Å²) in [5.41, 5.74) is 3.49. The number of hydrogen-bond acceptors (Lipinski definition) is 2. The Labute approximate surface area is 81.0 Å². The summed E-state index contributed by atoms with van der Waals surface area (Å²) in [6, 6.07) is 2.08. The van der Waals surface area contributed by atoms with Gasteiger partial charge in [-0.1, -0.05) is 14.4 Å². The summed E-state index contributed by atoms with van der Waals surface area (Å²) in [5, 5.41) is 0. The quantitative estimate of drug-likeness (QED) is 0.700. The fraction of sp³-hybridized carbons (Fsp3) is 0.545. The highest BCUT2D eigenvalue weighted by Crippen LogP contribution is 2.20. The van der Waals surface area contributed by atoms with Gasteiger partial charge in [-0.15, -0.1) is 0 Å². The molecule has 0 saturated heterocycles. The first-order valence-electron chi connectivity index (χ1n) is 4.20. The molecule has 0 bridgehead atoms. The molecule has 1 rings (SSSR count). The minimum Gasteiger partial charge on any atom is -0.481 e. The maximum atomic E-state index is 5.19. The van der Waals surface area contributed by atoms with Crippen molar-refractivity contribution in [1.29, 1.82) is 0 Å². The fourth-order valence-electron chi connectivity index (χ4n) is 1.43. The van der Waals surface area contributed by atoms with Crippen LogP contribution in [0.2, 0.25) is 0 Å². The molecule has 74 valence electrons. The second-order valence-electron chi connectivity index (χ2n) is 2.92. The van der Waals surface area contributed by atoms with Crippen LogP contribution >= 0.6 is 0 Å². The number of rotatable bonds is 2. The lowest BCUT2D eigenvalue weighted by Crippen LogP contribution is -1.98.